The molecule has 5 heteroatoms. The molecule has 0 N–H and O–H groups in total. The van der Waals surface area contributed by atoms with Crippen LogP contribution in [0.4, 0.5) is 34.1 Å². The van der Waals surface area contributed by atoms with Crippen LogP contribution in [0.2, 0.25) is 0 Å². The molecule has 68 heavy (non-hydrogen) atoms. The van der Waals surface area contributed by atoms with E-state index in [2.05, 4.69) is 246 Å². The second-order valence-corrected chi connectivity index (χ2v) is 27.9. The third kappa shape index (κ3) is 6.32. The van der Waals surface area contributed by atoms with Crippen LogP contribution in [0, 0.1) is 6.92 Å². The van der Waals surface area contributed by atoms with Gasteiger partial charge in [0.15, 0.2) is 0 Å². The van der Waals surface area contributed by atoms with Gasteiger partial charge in [0.05, 0.1) is 17.1 Å². The first-order chi connectivity index (χ1) is 31.8. The predicted octanol–water partition coefficient (Wildman–Crippen LogP) is 16.7. The average molecular weight is 927 g/mol. The maximum atomic E-state index is 2.73. The van der Waals surface area contributed by atoms with E-state index in [4.69, 9.17) is 0 Å². The van der Waals surface area contributed by atoms with Crippen LogP contribution in [0.3, 0.4) is 0 Å². The van der Waals surface area contributed by atoms with Gasteiger partial charge in [-0.2, -0.15) is 0 Å². The normalized spacial score (nSPS) is 18.2. The molecule has 0 fully saturated rings. The number of hydrogen-bond acceptors (Lipinski definition) is 4. The summed E-state index contributed by atoms with van der Waals surface area (Å²) < 4.78 is 5.72. The molecular weight excluding hydrogens is 860 g/mol. The van der Waals surface area contributed by atoms with E-state index in [1.807, 2.05) is 0 Å². The molecule has 0 unspecified atom stereocenters. The smallest absolute Gasteiger partial charge is 0.277 e. The summed E-state index contributed by atoms with van der Waals surface area (Å²) in [7, 11) is 0. The second kappa shape index (κ2) is 14.0. The molecule has 2 aliphatic heterocycles. The SMILES string of the molecule is Cc1cc2c3c(c1)N(c1ccc(C(C)(C)C)cc1-c1ccccc1)c1c(sc4cc5c(cc14)C(C)(C)CC5(C)C)B3c1sc3cc4c(cc3c1N2c1ccc(C(C)(C)C)cc1)C(C)(C)CC4(C)C. The van der Waals surface area contributed by atoms with E-state index in [-0.39, 0.29) is 39.2 Å². The molecule has 0 spiro atoms. The number of thiophene rings is 2. The highest BCUT2D eigenvalue weighted by Gasteiger charge is 2.50. The lowest BCUT2D eigenvalue weighted by Crippen LogP contribution is -2.59. The molecule has 2 nitrogen and oxygen atoms in total. The van der Waals surface area contributed by atoms with Crippen LogP contribution in [0.5, 0.6) is 0 Å². The molecular formula is C63H67BN2S2. The van der Waals surface area contributed by atoms with Crippen molar-refractivity contribution in [1.82, 2.24) is 0 Å². The van der Waals surface area contributed by atoms with Crippen molar-refractivity contribution in [1.29, 1.82) is 0 Å². The van der Waals surface area contributed by atoms with E-state index in [1.54, 1.807) is 0 Å². The predicted molar refractivity (Wildman–Crippen MR) is 300 cm³/mol. The van der Waals surface area contributed by atoms with Gasteiger partial charge in [-0.25, -0.2) is 0 Å². The van der Waals surface area contributed by atoms with Crippen molar-refractivity contribution in [3.8, 4) is 11.1 Å². The van der Waals surface area contributed by atoms with Crippen molar-refractivity contribution in [2.45, 2.75) is 149 Å². The van der Waals surface area contributed by atoms with Gasteiger partial charge >= 0.3 is 0 Å². The van der Waals surface area contributed by atoms with Crippen molar-refractivity contribution in [3.63, 3.8) is 0 Å². The quantitative estimate of drug-likeness (QED) is 0.163. The Bertz CT molecular complexity index is 3440. The summed E-state index contributed by atoms with van der Waals surface area (Å²) in [4.78, 5) is 5.41. The first kappa shape index (κ1) is 44.1. The molecule has 4 aliphatic rings. The van der Waals surface area contributed by atoms with Crippen LogP contribution in [0.1, 0.15) is 149 Å². The van der Waals surface area contributed by atoms with E-state index >= 15 is 0 Å². The largest absolute Gasteiger partial charge is 0.310 e. The van der Waals surface area contributed by atoms with Crippen molar-refractivity contribution in [2.24, 2.45) is 0 Å². The molecule has 2 aromatic heterocycles. The van der Waals surface area contributed by atoms with E-state index in [9.17, 15) is 0 Å². The Morgan fingerprint density at radius 1 is 0.485 bits per heavy atom. The van der Waals surface area contributed by atoms with E-state index < -0.39 is 0 Å². The number of benzene rings is 6. The zero-order chi connectivity index (χ0) is 48.0. The fourth-order valence-corrected chi connectivity index (χ4v) is 16.4. The van der Waals surface area contributed by atoms with Crippen molar-refractivity contribution < 1.29 is 0 Å². The van der Waals surface area contributed by atoms with E-state index in [0.29, 0.717) is 0 Å². The van der Waals surface area contributed by atoms with Crippen molar-refractivity contribution in [3.05, 3.63) is 148 Å². The lowest BCUT2D eigenvalue weighted by molar-refractivity contribution is 0.403. The number of aryl methyl sites for hydroxylation is 1. The highest BCUT2D eigenvalue weighted by atomic mass is 32.1. The Labute approximate surface area is 414 Å². The first-order valence-corrected chi connectivity index (χ1v) is 26.8. The first-order valence-electron chi connectivity index (χ1n) is 25.1. The van der Waals surface area contributed by atoms with Crippen molar-refractivity contribution >= 4 is 98.7 Å². The monoisotopic (exact) mass is 926 g/mol. The zero-order valence-electron chi connectivity index (χ0n) is 43.1. The third-order valence-corrected chi connectivity index (χ3v) is 19.0. The van der Waals surface area contributed by atoms with Crippen LogP contribution < -0.4 is 24.8 Å². The molecule has 344 valence electrons. The topological polar surface area (TPSA) is 6.48 Å². The summed E-state index contributed by atoms with van der Waals surface area (Å²) >= 11 is 4.12. The Morgan fingerprint density at radius 2 is 0.941 bits per heavy atom. The van der Waals surface area contributed by atoms with Gasteiger partial charge in [0.2, 0.25) is 0 Å². The molecule has 0 amide bonds. The highest BCUT2D eigenvalue weighted by Crippen LogP contribution is 2.57. The Hall–Kier alpha value is -5.10. The fourth-order valence-electron chi connectivity index (χ4n) is 13.7. The number of rotatable bonds is 3. The Balaban J connectivity index is 1.23. The molecule has 0 saturated heterocycles. The van der Waals surface area contributed by atoms with Gasteiger partial charge in [0.25, 0.3) is 6.71 Å². The summed E-state index contributed by atoms with van der Waals surface area (Å²) in [5.41, 5.74) is 22.1. The third-order valence-electron chi connectivity index (χ3n) is 16.5. The molecule has 0 saturated carbocycles. The minimum Gasteiger partial charge on any atom is -0.310 e. The van der Waals surface area contributed by atoms with E-state index in [1.165, 1.54) is 119 Å². The second-order valence-electron chi connectivity index (χ2n) is 25.8. The lowest BCUT2D eigenvalue weighted by atomic mass is 9.39. The maximum Gasteiger partial charge on any atom is 0.277 e. The van der Waals surface area contributed by atoms with Gasteiger partial charge in [-0.05, 0) is 163 Å². The minimum atomic E-state index is -0.0119. The number of anilines is 6. The Kier molecular flexibility index (Phi) is 9.11. The summed E-state index contributed by atoms with van der Waals surface area (Å²) in [5, 5.41) is 2.77. The molecule has 0 bridgehead atoms. The number of fused-ring (bicyclic) bond motifs is 10. The molecule has 0 atom stereocenters. The number of hydrogen-bond donors (Lipinski definition) is 0. The van der Waals surface area contributed by atoms with Gasteiger partial charge in [-0.15, -0.1) is 22.7 Å². The van der Waals surface area contributed by atoms with Crippen molar-refractivity contribution in [2.75, 3.05) is 9.80 Å². The molecule has 0 radical (unpaired) electrons. The average Bonchev–Trinajstić information content (AvgIpc) is 3.92. The Morgan fingerprint density at radius 3 is 1.44 bits per heavy atom. The minimum absolute atomic E-state index is 0.0119. The van der Waals surface area contributed by atoms with E-state index in [0.717, 1.165) is 12.8 Å². The summed E-state index contributed by atoms with van der Waals surface area (Å²) in [5.74, 6) is 0. The summed E-state index contributed by atoms with van der Waals surface area (Å²) in [6.07, 6.45) is 2.30. The molecule has 4 heterocycles. The lowest BCUT2D eigenvalue weighted by Gasteiger charge is -2.43. The van der Waals surface area contributed by atoms with Crippen LogP contribution in [-0.2, 0) is 32.5 Å². The number of nitrogens with zero attached hydrogens (tertiary/aromatic N) is 2. The molecule has 2 aliphatic carbocycles. The fraction of sp³-hybridized carbons (Fsp3) is 0.365. The van der Waals surface area contributed by atoms with Crippen LogP contribution >= 0.6 is 22.7 Å². The molecule has 8 aromatic rings. The van der Waals surface area contributed by atoms with Crippen LogP contribution in [0.15, 0.2) is 109 Å². The standard InChI is InChI=1S/C63H67BN2S2/c1-36-27-49-53-50(28-36)66(48-26-23-39(59(5,6)7)29-41(48)37-19-17-16-18-20-37)55-43-31-45-47(63(14,15)35-61(45,10)11)33-52(43)68-57(55)64(53)56-54(65(49)40-24-21-38(22-25-40)58(2,3)4)42-30-44-46(32-51(42)67-56)62(12,13)34-60(44,8)9/h16-33H,34-35H2,1-15H3. The van der Waals surface area contributed by atoms with Crippen LogP contribution in [-0.4, -0.2) is 6.71 Å². The molecule has 6 aromatic carbocycles. The van der Waals surface area contributed by atoms with Crippen LogP contribution in [0.25, 0.3) is 31.3 Å². The zero-order valence-corrected chi connectivity index (χ0v) is 44.7. The van der Waals surface area contributed by atoms with Gasteiger partial charge in [0.1, 0.15) is 0 Å². The summed E-state index contributed by atoms with van der Waals surface area (Å²) in [6, 6.07) is 43.6. The van der Waals surface area contributed by atoms with Gasteiger partial charge < -0.3 is 9.80 Å². The maximum absolute atomic E-state index is 2.73. The van der Waals surface area contributed by atoms with Gasteiger partial charge in [0, 0.05) is 52.4 Å². The van der Waals surface area contributed by atoms with Gasteiger partial charge in [-0.3, -0.25) is 0 Å². The molecule has 12 rings (SSSR count). The highest BCUT2D eigenvalue weighted by molar-refractivity contribution is 7.40. The summed E-state index contributed by atoms with van der Waals surface area (Å²) in [6.45, 7) is 36.1. The van der Waals surface area contributed by atoms with Gasteiger partial charge in [-0.1, -0.05) is 145 Å².